The van der Waals surface area contributed by atoms with Gasteiger partial charge < -0.3 is 10.6 Å². The second-order valence-corrected chi connectivity index (χ2v) is 7.85. The quantitative estimate of drug-likeness (QED) is 0.553. The lowest BCUT2D eigenvalue weighted by atomic mass is 10.3. The molecule has 3 aromatic rings. The van der Waals surface area contributed by atoms with Crippen molar-refractivity contribution in [1.82, 2.24) is 15.3 Å². The van der Waals surface area contributed by atoms with E-state index in [1.807, 2.05) is 19.1 Å². The molecule has 0 saturated carbocycles. The minimum atomic E-state index is -3.78. The van der Waals surface area contributed by atoms with E-state index < -0.39 is 16.1 Å². The number of nitrogens with zero attached hydrogens (tertiary/aromatic N) is 2. The molecule has 0 bridgehead atoms. The van der Waals surface area contributed by atoms with Crippen molar-refractivity contribution >= 4 is 27.6 Å². The van der Waals surface area contributed by atoms with E-state index in [1.165, 1.54) is 24.3 Å². The summed E-state index contributed by atoms with van der Waals surface area (Å²) in [7, 11) is -3.78. The van der Waals surface area contributed by atoms with Crippen LogP contribution < -0.4 is 15.4 Å². The van der Waals surface area contributed by atoms with E-state index >= 15 is 0 Å². The average Bonchev–Trinajstić information content (AvgIpc) is 2.73. The van der Waals surface area contributed by atoms with Crippen LogP contribution in [0.2, 0.25) is 0 Å². The minimum absolute atomic E-state index is 0.0718. The maximum atomic E-state index is 12.5. The number of sulfonamides is 1. The summed E-state index contributed by atoms with van der Waals surface area (Å²) in [5.41, 5.74) is 2.14. The molecule has 9 heteroatoms. The minimum Gasteiger partial charge on any atom is -0.334 e. The van der Waals surface area contributed by atoms with Crippen molar-refractivity contribution in [2.75, 3.05) is 10.0 Å². The van der Waals surface area contributed by atoms with Crippen LogP contribution in [-0.4, -0.2) is 24.4 Å². The van der Waals surface area contributed by atoms with Gasteiger partial charge in [-0.2, -0.15) is 0 Å². The third kappa shape index (κ3) is 5.76. The lowest BCUT2D eigenvalue weighted by Gasteiger charge is -2.10. The van der Waals surface area contributed by atoms with Gasteiger partial charge in [0.2, 0.25) is 0 Å². The van der Waals surface area contributed by atoms with Crippen LogP contribution in [0, 0.1) is 0 Å². The molecular weight excluding hydrogens is 390 g/mol. The van der Waals surface area contributed by atoms with Crippen LogP contribution in [-0.2, 0) is 23.0 Å². The number of amides is 2. The first-order chi connectivity index (χ1) is 14.0. The van der Waals surface area contributed by atoms with E-state index in [0.717, 1.165) is 11.3 Å². The van der Waals surface area contributed by atoms with Crippen LogP contribution in [0.4, 0.5) is 16.3 Å². The van der Waals surface area contributed by atoms with E-state index in [4.69, 9.17) is 0 Å². The van der Waals surface area contributed by atoms with Gasteiger partial charge in [0.15, 0.2) is 0 Å². The Bertz CT molecular complexity index is 1070. The molecular formula is C20H21N5O3S. The SMILES string of the molecule is CCc1cccc(NS(=O)(=O)c2ccc(NC(=O)NCc3cccnc3)cc2)n1. The highest BCUT2D eigenvalue weighted by molar-refractivity contribution is 7.92. The number of urea groups is 1. The fourth-order valence-electron chi connectivity index (χ4n) is 2.51. The zero-order valence-electron chi connectivity index (χ0n) is 15.8. The molecule has 0 saturated heterocycles. The number of hydrogen-bond acceptors (Lipinski definition) is 5. The molecule has 0 unspecified atom stereocenters. The second-order valence-electron chi connectivity index (χ2n) is 6.17. The number of anilines is 2. The summed E-state index contributed by atoms with van der Waals surface area (Å²) in [6.07, 6.45) is 4.03. The van der Waals surface area contributed by atoms with Crippen molar-refractivity contribution < 1.29 is 13.2 Å². The van der Waals surface area contributed by atoms with Gasteiger partial charge in [-0.3, -0.25) is 9.71 Å². The number of carbonyl (C=O) groups excluding carboxylic acids is 1. The Hall–Kier alpha value is -3.46. The van der Waals surface area contributed by atoms with Gasteiger partial charge in [-0.1, -0.05) is 19.1 Å². The third-order valence-corrected chi connectivity index (χ3v) is 5.38. The van der Waals surface area contributed by atoms with Gasteiger partial charge in [0, 0.05) is 30.3 Å². The molecule has 1 aromatic carbocycles. The highest BCUT2D eigenvalue weighted by Gasteiger charge is 2.15. The van der Waals surface area contributed by atoms with Crippen molar-refractivity contribution in [3.63, 3.8) is 0 Å². The molecule has 8 nitrogen and oxygen atoms in total. The Morgan fingerprint density at radius 1 is 1.03 bits per heavy atom. The summed E-state index contributed by atoms with van der Waals surface area (Å²) in [4.78, 5) is 20.3. The van der Waals surface area contributed by atoms with E-state index in [9.17, 15) is 13.2 Å². The molecule has 0 spiro atoms. The highest BCUT2D eigenvalue weighted by Crippen LogP contribution is 2.17. The zero-order valence-corrected chi connectivity index (χ0v) is 16.6. The van der Waals surface area contributed by atoms with Crippen molar-refractivity contribution in [2.24, 2.45) is 0 Å². The van der Waals surface area contributed by atoms with Crippen molar-refractivity contribution in [3.05, 3.63) is 78.2 Å². The Labute approximate surface area is 169 Å². The molecule has 3 rings (SSSR count). The van der Waals surface area contributed by atoms with Crippen LogP contribution in [0.1, 0.15) is 18.2 Å². The molecule has 2 heterocycles. The molecule has 0 atom stereocenters. The van der Waals surface area contributed by atoms with Gasteiger partial charge in [-0.25, -0.2) is 18.2 Å². The van der Waals surface area contributed by atoms with Crippen LogP contribution in [0.15, 0.2) is 71.9 Å². The van der Waals surface area contributed by atoms with Crippen molar-refractivity contribution in [2.45, 2.75) is 24.8 Å². The smallest absolute Gasteiger partial charge is 0.319 e. The first-order valence-electron chi connectivity index (χ1n) is 8.99. The van der Waals surface area contributed by atoms with E-state index in [2.05, 4.69) is 25.3 Å². The van der Waals surface area contributed by atoms with Gasteiger partial charge in [0.05, 0.1) is 4.90 Å². The van der Waals surface area contributed by atoms with Gasteiger partial charge in [0.1, 0.15) is 5.82 Å². The molecule has 150 valence electrons. The number of benzene rings is 1. The summed E-state index contributed by atoms with van der Waals surface area (Å²) in [6, 6.07) is 14.3. The Morgan fingerprint density at radius 2 is 1.83 bits per heavy atom. The second kappa shape index (κ2) is 9.16. The Morgan fingerprint density at radius 3 is 2.52 bits per heavy atom. The highest BCUT2D eigenvalue weighted by atomic mass is 32.2. The fraction of sp³-hybridized carbons (Fsp3) is 0.150. The Kier molecular flexibility index (Phi) is 6.40. The summed E-state index contributed by atoms with van der Waals surface area (Å²) in [5.74, 6) is 0.265. The third-order valence-electron chi connectivity index (χ3n) is 4.01. The van der Waals surface area contributed by atoms with Crippen LogP contribution >= 0.6 is 0 Å². The number of aryl methyl sites for hydroxylation is 1. The van der Waals surface area contributed by atoms with Gasteiger partial charge in [-0.05, 0) is 54.4 Å². The van der Waals surface area contributed by atoms with Gasteiger partial charge in [-0.15, -0.1) is 0 Å². The molecule has 0 aliphatic carbocycles. The molecule has 3 N–H and O–H groups in total. The fourth-order valence-corrected chi connectivity index (χ4v) is 3.51. The average molecular weight is 411 g/mol. The van der Waals surface area contributed by atoms with E-state index in [1.54, 1.807) is 30.6 Å². The summed E-state index contributed by atoms with van der Waals surface area (Å²) >= 11 is 0. The number of nitrogens with one attached hydrogen (secondary N) is 3. The molecule has 29 heavy (non-hydrogen) atoms. The number of hydrogen-bond donors (Lipinski definition) is 3. The van der Waals surface area contributed by atoms with Gasteiger partial charge >= 0.3 is 6.03 Å². The predicted octanol–water partition coefficient (Wildman–Crippen LogP) is 3.16. The van der Waals surface area contributed by atoms with Crippen molar-refractivity contribution in [1.29, 1.82) is 0 Å². The van der Waals surface area contributed by atoms with Crippen molar-refractivity contribution in [3.8, 4) is 0 Å². The topological polar surface area (TPSA) is 113 Å². The van der Waals surface area contributed by atoms with E-state index in [-0.39, 0.29) is 10.7 Å². The molecule has 0 aliphatic heterocycles. The molecule has 0 fully saturated rings. The molecule has 0 radical (unpaired) electrons. The van der Waals surface area contributed by atoms with E-state index in [0.29, 0.717) is 18.7 Å². The summed E-state index contributed by atoms with van der Waals surface area (Å²) in [6.45, 7) is 2.28. The largest absolute Gasteiger partial charge is 0.334 e. The lowest BCUT2D eigenvalue weighted by Crippen LogP contribution is -2.28. The first-order valence-corrected chi connectivity index (χ1v) is 10.5. The number of rotatable bonds is 7. The molecule has 2 aromatic heterocycles. The maximum absolute atomic E-state index is 12.5. The van der Waals surface area contributed by atoms with Crippen LogP contribution in [0.3, 0.4) is 0 Å². The predicted molar refractivity (Wildman–Crippen MR) is 111 cm³/mol. The first kappa shape index (κ1) is 20.3. The monoisotopic (exact) mass is 411 g/mol. The number of aromatic nitrogens is 2. The molecule has 2 amide bonds. The Balaban J connectivity index is 1.60. The number of carbonyl (C=O) groups is 1. The molecule has 0 aliphatic rings. The zero-order chi connectivity index (χ0) is 20.7. The number of pyridine rings is 2. The summed E-state index contributed by atoms with van der Waals surface area (Å²) < 4.78 is 27.5. The van der Waals surface area contributed by atoms with Crippen LogP contribution in [0.25, 0.3) is 0 Å². The maximum Gasteiger partial charge on any atom is 0.319 e. The van der Waals surface area contributed by atoms with Crippen LogP contribution in [0.5, 0.6) is 0 Å². The van der Waals surface area contributed by atoms with Gasteiger partial charge in [0.25, 0.3) is 10.0 Å². The normalized spacial score (nSPS) is 10.9. The summed E-state index contributed by atoms with van der Waals surface area (Å²) in [5, 5.41) is 5.36. The lowest BCUT2D eigenvalue weighted by molar-refractivity contribution is 0.251. The standard InChI is InChI=1S/C20H21N5O3S/c1-2-16-6-3-7-19(23-16)25-29(27,28)18-10-8-17(9-11-18)24-20(26)22-14-15-5-4-12-21-13-15/h3-13H,2,14H2,1H3,(H,23,25)(H2,22,24,26).